The molecule has 1 aromatic carbocycles. The zero-order chi connectivity index (χ0) is 10.9. The van der Waals surface area contributed by atoms with Crippen molar-refractivity contribution in [1.82, 2.24) is 0 Å². The lowest BCUT2D eigenvalue weighted by atomic mass is 9.84. The van der Waals surface area contributed by atoms with Crippen molar-refractivity contribution in [2.45, 2.75) is 26.2 Å². The molecule has 0 spiro atoms. The van der Waals surface area contributed by atoms with Gasteiger partial charge in [0.1, 0.15) is 11.6 Å². The molecule has 0 aromatic heterocycles. The van der Waals surface area contributed by atoms with E-state index in [1.54, 1.807) is 20.8 Å². The van der Waals surface area contributed by atoms with Gasteiger partial charge in [0.2, 0.25) is 0 Å². The summed E-state index contributed by atoms with van der Waals surface area (Å²) in [4.78, 5) is 0. The Morgan fingerprint density at radius 2 is 1.93 bits per heavy atom. The zero-order valence-corrected chi connectivity index (χ0v) is 8.63. The largest absolute Gasteiger partial charge is 0.507 e. The van der Waals surface area contributed by atoms with E-state index in [9.17, 15) is 9.50 Å². The van der Waals surface area contributed by atoms with Crippen molar-refractivity contribution in [2.24, 2.45) is 0 Å². The lowest BCUT2D eigenvalue weighted by Gasteiger charge is -2.24. The van der Waals surface area contributed by atoms with Gasteiger partial charge in [-0.3, -0.25) is 0 Å². The van der Waals surface area contributed by atoms with E-state index in [4.69, 9.17) is 5.11 Å². The maximum atomic E-state index is 13.1. The van der Waals surface area contributed by atoms with Crippen LogP contribution >= 0.6 is 0 Å². The average molecular weight is 198 g/mol. The van der Waals surface area contributed by atoms with Crippen LogP contribution in [0.5, 0.6) is 5.75 Å². The van der Waals surface area contributed by atoms with Crippen LogP contribution in [0, 0.1) is 12.7 Å². The molecule has 2 nitrogen and oxygen atoms in total. The van der Waals surface area contributed by atoms with Crippen LogP contribution in [0.3, 0.4) is 0 Å². The second kappa shape index (κ2) is 3.58. The molecule has 0 unspecified atom stereocenters. The molecule has 2 N–H and O–H groups in total. The number of benzene rings is 1. The summed E-state index contributed by atoms with van der Waals surface area (Å²) < 4.78 is 13.1. The Morgan fingerprint density at radius 1 is 1.36 bits per heavy atom. The minimum Gasteiger partial charge on any atom is -0.507 e. The summed E-state index contributed by atoms with van der Waals surface area (Å²) in [6.45, 7) is 5.00. The normalized spacial score (nSPS) is 11.8. The molecule has 0 aliphatic rings. The van der Waals surface area contributed by atoms with Crippen molar-refractivity contribution >= 4 is 0 Å². The van der Waals surface area contributed by atoms with Crippen molar-refractivity contribution in [1.29, 1.82) is 0 Å². The zero-order valence-electron chi connectivity index (χ0n) is 8.63. The van der Waals surface area contributed by atoms with Gasteiger partial charge in [-0.15, -0.1) is 0 Å². The number of aliphatic hydroxyl groups excluding tert-OH is 1. The first kappa shape index (κ1) is 11.0. The SMILES string of the molecule is Cc1cc(F)cc(C(C)(C)CO)c1O. The summed E-state index contributed by atoms with van der Waals surface area (Å²) in [7, 11) is 0. The minimum absolute atomic E-state index is 0.0606. The summed E-state index contributed by atoms with van der Waals surface area (Å²) >= 11 is 0. The fraction of sp³-hybridized carbons (Fsp3) is 0.455. The molecule has 0 amide bonds. The molecule has 14 heavy (non-hydrogen) atoms. The van der Waals surface area contributed by atoms with Crippen LogP contribution in [0.4, 0.5) is 4.39 Å². The van der Waals surface area contributed by atoms with Gasteiger partial charge in [0.15, 0.2) is 0 Å². The topological polar surface area (TPSA) is 40.5 Å². The van der Waals surface area contributed by atoms with E-state index in [2.05, 4.69) is 0 Å². The summed E-state index contributed by atoms with van der Waals surface area (Å²) in [5.74, 6) is -0.331. The number of halogens is 1. The van der Waals surface area contributed by atoms with Crippen molar-refractivity contribution in [3.05, 3.63) is 29.1 Å². The van der Waals surface area contributed by atoms with Gasteiger partial charge in [0.05, 0.1) is 6.61 Å². The van der Waals surface area contributed by atoms with E-state index >= 15 is 0 Å². The van der Waals surface area contributed by atoms with Gasteiger partial charge in [0, 0.05) is 11.0 Å². The fourth-order valence-corrected chi connectivity index (χ4v) is 1.34. The van der Waals surface area contributed by atoms with Crippen LogP contribution < -0.4 is 0 Å². The number of rotatable bonds is 2. The Morgan fingerprint density at radius 3 is 2.43 bits per heavy atom. The molecular weight excluding hydrogens is 183 g/mol. The molecule has 0 aliphatic carbocycles. The molecule has 0 atom stereocenters. The first-order valence-electron chi connectivity index (χ1n) is 4.49. The van der Waals surface area contributed by atoms with E-state index in [1.165, 1.54) is 12.1 Å². The first-order valence-corrected chi connectivity index (χ1v) is 4.49. The molecule has 0 aliphatic heterocycles. The monoisotopic (exact) mass is 198 g/mol. The number of phenolic OH excluding ortho intramolecular Hbond substituents is 1. The molecular formula is C11H15FO2. The van der Waals surface area contributed by atoms with Crippen LogP contribution in [0.2, 0.25) is 0 Å². The van der Waals surface area contributed by atoms with E-state index in [0.29, 0.717) is 11.1 Å². The molecule has 0 radical (unpaired) electrons. The quantitative estimate of drug-likeness (QED) is 0.764. The molecule has 0 saturated heterocycles. The number of phenols is 1. The molecule has 3 heteroatoms. The number of aryl methyl sites for hydroxylation is 1. The summed E-state index contributed by atoms with van der Waals surface area (Å²) in [6.07, 6.45) is 0. The van der Waals surface area contributed by atoms with Gasteiger partial charge in [-0.1, -0.05) is 13.8 Å². The van der Waals surface area contributed by atoms with Crippen molar-refractivity contribution in [3.8, 4) is 5.75 Å². The van der Waals surface area contributed by atoms with Crippen LogP contribution in [0.15, 0.2) is 12.1 Å². The average Bonchev–Trinajstić information content (AvgIpc) is 2.11. The maximum absolute atomic E-state index is 13.1. The number of hydrogen-bond donors (Lipinski definition) is 2. The molecule has 0 fully saturated rings. The van der Waals surface area contributed by atoms with Crippen LogP contribution in [0.1, 0.15) is 25.0 Å². The van der Waals surface area contributed by atoms with E-state index in [1.807, 2.05) is 0 Å². The number of aliphatic hydroxyl groups is 1. The summed E-state index contributed by atoms with van der Waals surface area (Å²) in [5.41, 5.74) is 0.302. The molecule has 0 bridgehead atoms. The van der Waals surface area contributed by atoms with Gasteiger partial charge in [-0.05, 0) is 24.6 Å². The first-order chi connectivity index (χ1) is 6.38. The highest BCUT2D eigenvalue weighted by atomic mass is 19.1. The summed E-state index contributed by atoms with van der Waals surface area (Å²) in [5, 5.41) is 18.8. The standard InChI is InChI=1S/C11H15FO2/c1-7-4-8(12)5-9(10(7)14)11(2,3)6-13/h4-5,13-14H,6H2,1-3H3. The summed E-state index contributed by atoms with van der Waals surface area (Å²) in [6, 6.07) is 2.53. The van der Waals surface area contributed by atoms with Crippen molar-refractivity contribution in [3.63, 3.8) is 0 Å². The van der Waals surface area contributed by atoms with Crippen molar-refractivity contribution < 1.29 is 14.6 Å². The van der Waals surface area contributed by atoms with E-state index in [0.717, 1.165) is 0 Å². The highest BCUT2D eigenvalue weighted by molar-refractivity contribution is 5.44. The smallest absolute Gasteiger partial charge is 0.124 e. The predicted molar refractivity (Wildman–Crippen MR) is 52.9 cm³/mol. The molecule has 1 rings (SSSR count). The van der Waals surface area contributed by atoms with E-state index < -0.39 is 11.2 Å². The van der Waals surface area contributed by atoms with Gasteiger partial charge in [-0.25, -0.2) is 4.39 Å². The number of hydrogen-bond acceptors (Lipinski definition) is 2. The van der Waals surface area contributed by atoms with E-state index in [-0.39, 0.29) is 12.4 Å². The Kier molecular flexibility index (Phi) is 2.81. The van der Waals surface area contributed by atoms with Crippen LogP contribution in [-0.4, -0.2) is 16.8 Å². The van der Waals surface area contributed by atoms with Gasteiger partial charge < -0.3 is 10.2 Å². The molecule has 0 heterocycles. The Balaban J connectivity index is 3.34. The third-order valence-electron chi connectivity index (χ3n) is 2.39. The molecule has 78 valence electrons. The minimum atomic E-state index is -0.628. The highest BCUT2D eigenvalue weighted by Gasteiger charge is 2.24. The maximum Gasteiger partial charge on any atom is 0.124 e. The number of aromatic hydroxyl groups is 1. The third kappa shape index (κ3) is 1.87. The Hall–Kier alpha value is -1.09. The second-order valence-electron chi connectivity index (χ2n) is 4.16. The predicted octanol–water partition coefficient (Wildman–Crippen LogP) is 2.11. The molecule has 0 saturated carbocycles. The Labute approximate surface area is 83.0 Å². The molecule has 1 aromatic rings. The lowest BCUT2D eigenvalue weighted by molar-refractivity contribution is 0.215. The van der Waals surface area contributed by atoms with Gasteiger partial charge in [0.25, 0.3) is 0 Å². The van der Waals surface area contributed by atoms with Crippen molar-refractivity contribution in [2.75, 3.05) is 6.61 Å². The fourth-order valence-electron chi connectivity index (χ4n) is 1.34. The van der Waals surface area contributed by atoms with Gasteiger partial charge in [-0.2, -0.15) is 0 Å². The van der Waals surface area contributed by atoms with Crippen LogP contribution in [-0.2, 0) is 5.41 Å². The van der Waals surface area contributed by atoms with Crippen LogP contribution in [0.25, 0.3) is 0 Å². The highest BCUT2D eigenvalue weighted by Crippen LogP contribution is 2.33. The lowest BCUT2D eigenvalue weighted by Crippen LogP contribution is -2.22. The van der Waals surface area contributed by atoms with Gasteiger partial charge >= 0.3 is 0 Å². The second-order valence-corrected chi connectivity index (χ2v) is 4.16. The Bertz CT molecular complexity index is 345. The third-order valence-corrected chi connectivity index (χ3v) is 2.39.